The van der Waals surface area contributed by atoms with Crippen molar-refractivity contribution < 1.29 is 4.79 Å². The largest absolute Gasteiger partial charge is 0.324 e. The molecule has 1 aromatic heterocycles. The van der Waals surface area contributed by atoms with Crippen LogP contribution in [0.1, 0.15) is 61.5 Å². The zero-order valence-electron chi connectivity index (χ0n) is 16.4. The van der Waals surface area contributed by atoms with Crippen LogP contribution in [-0.4, -0.2) is 16.2 Å². The Kier molecular flexibility index (Phi) is 4.80. The molecule has 3 N–H and O–H groups in total. The van der Waals surface area contributed by atoms with E-state index >= 15 is 0 Å². The second kappa shape index (κ2) is 7.74. The average molecular weight is 386 g/mol. The van der Waals surface area contributed by atoms with E-state index < -0.39 is 0 Å². The van der Waals surface area contributed by atoms with Crippen LogP contribution >= 0.6 is 0 Å². The molecule has 29 heavy (non-hydrogen) atoms. The summed E-state index contributed by atoms with van der Waals surface area (Å²) in [6.45, 7) is 0. The van der Waals surface area contributed by atoms with Crippen molar-refractivity contribution in [2.24, 2.45) is 0 Å². The molecule has 2 saturated carbocycles. The van der Waals surface area contributed by atoms with Gasteiger partial charge in [-0.05, 0) is 66.3 Å². The summed E-state index contributed by atoms with van der Waals surface area (Å²) >= 11 is 0. The summed E-state index contributed by atoms with van der Waals surface area (Å²) in [4.78, 5) is 12.6. The summed E-state index contributed by atoms with van der Waals surface area (Å²) in [5, 5.41) is 13.1. The first-order valence-electron chi connectivity index (χ1n) is 10.6. The predicted octanol–water partition coefficient (Wildman–Crippen LogP) is 6.26. The molecule has 5 rings (SSSR count). The van der Waals surface area contributed by atoms with Crippen molar-refractivity contribution in [2.45, 2.75) is 50.4 Å². The Bertz CT molecular complexity index is 1000. The highest BCUT2D eigenvalue weighted by molar-refractivity contribution is 5.99. The number of amides is 2. The van der Waals surface area contributed by atoms with Crippen molar-refractivity contribution in [1.82, 2.24) is 10.2 Å². The molecule has 0 aliphatic heterocycles. The number of nitrogens with one attached hydrogen (secondary N) is 3. The highest BCUT2D eigenvalue weighted by Crippen LogP contribution is 2.43. The van der Waals surface area contributed by atoms with Crippen molar-refractivity contribution in [3.8, 4) is 11.3 Å². The molecule has 0 unspecified atom stereocenters. The van der Waals surface area contributed by atoms with E-state index in [-0.39, 0.29) is 6.03 Å². The van der Waals surface area contributed by atoms with Gasteiger partial charge < -0.3 is 5.32 Å². The monoisotopic (exact) mass is 386 g/mol. The minimum absolute atomic E-state index is 0.263. The third-order valence-electron chi connectivity index (χ3n) is 6.02. The maximum Gasteiger partial charge on any atom is 0.324 e. The summed E-state index contributed by atoms with van der Waals surface area (Å²) in [5.41, 5.74) is 5.55. The lowest BCUT2D eigenvalue weighted by Crippen LogP contribution is -2.20. The fourth-order valence-electron chi connectivity index (χ4n) is 4.33. The number of hydrogen-bond acceptors (Lipinski definition) is 2. The number of aromatic nitrogens is 2. The number of rotatable bonds is 5. The summed E-state index contributed by atoms with van der Waals surface area (Å²) in [6, 6.07) is 18.2. The number of carbonyl (C=O) groups excluding carboxylic acids is 1. The summed E-state index contributed by atoms with van der Waals surface area (Å²) in [6.07, 6.45) is 7.66. The summed E-state index contributed by atoms with van der Waals surface area (Å²) < 4.78 is 0. The number of carbonyl (C=O) groups is 1. The molecule has 0 atom stereocenters. The van der Waals surface area contributed by atoms with Gasteiger partial charge in [0.25, 0.3) is 0 Å². The Morgan fingerprint density at radius 1 is 0.862 bits per heavy atom. The number of nitrogens with zero attached hydrogens (tertiary/aromatic N) is 1. The van der Waals surface area contributed by atoms with E-state index in [1.165, 1.54) is 49.7 Å². The van der Waals surface area contributed by atoms with Gasteiger partial charge in [0.1, 0.15) is 0 Å². The predicted molar refractivity (Wildman–Crippen MR) is 116 cm³/mol. The lowest BCUT2D eigenvalue weighted by Gasteiger charge is -2.15. The molecule has 0 bridgehead atoms. The first-order chi connectivity index (χ1) is 14.2. The van der Waals surface area contributed by atoms with Crippen molar-refractivity contribution in [3.05, 3.63) is 65.7 Å². The third-order valence-corrected chi connectivity index (χ3v) is 6.02. The lowest BCUT2D eigenvalue weighted by atomic mass is 9.94. The van der Waals surface area contributed by atoms with Gasteiger partial charge in [0.15, 0.2) is 5.82 Å². The molecule has 2 aliphatic rings. The number of hydrogen-bond donors (Lipinski definition) is 3. The van der Waals surface area contributed by atoms with E-state index in [4.69, 9.17) is 0 Å². The van der Waals surface area contributed by atoms with Gasteiger partial charge in [-0.3, -0.25) is 10.4 Å². The molecule has 2 aliphatic carbocycles. The quantitative estimate of drug-likeness (QED) is 0.484. The topological polar surface area (TPSA) is 69.8 Å². The van der Waals surface area contributed by atoms with Crippen LogP contribution in [-0.2, 0) is 0 Å². The molecule has 2 amide bonds. The van der Waals surface area contributed by atoms with Gasteiger partial charge in [0, 0.05) is 11.8 Å². The molecule has 5 heteroatoms. The molecule has 1 heterocycles. The van der Waals surface area contributed by atoms with Crippen LogP contribution in [0, 0.1) is 0 Å². The molecule has 148 valence electrons. The van der Waals surface area contributed by atoms with Crippen LogP contribution in [0.25, 0.3) is 11.3 Å². The fraction of sp³-hybridized carbons (Fsp3) is 0.333. The average Bonchev–Trinajstić information content (AvgIpc) is 3.24. The standard InChI is InChI=1S/C24H26N4O/c29-24(26-23-15-22(27-28-23)18-8-2-1-3-9-18)25-21-13-19(16-6-4-5-7-16)12-20(14-21)17-10-11-17/h1-3,8-9,12-17H,4-7,10-11H2,(H3,25,26,27,28,29). The molecule has 0 spiro atoms. The summed E-state index contributed by atoms with van der Waals surface area (Å²) in [7, 11) is 0. The normalized spacial score (nSPS) is 16.7. The Morgan fingerprint density at radius 3 is 2.24 bits per heavy atom. The van der Waals surface area contributed by atoms with E-state index in [0.717, 1.165) is 16.9 Å². The van der Waals surface area contributed by atoms with Crippen LogP contribution < -0.4 is 10.6 Å². The molecular weight excluding hydrogens is 360 g/mol. The van der Waals surface area contributed by atoms with E-state index in [9.17, 15) is 4.79 Å². The van der Waals surface area contributed by atoms with Crippen LogP contribution in [0.4, 0.5) is 16.3 Å². The zero-order valence-corrected chi connectivity index (χ0v) is 16.4. The van der Waals surface area contributed by atoms with E-state index in [0.29, 0.717) is 17.7 Å². The maximum absolute atomic E-state index is 12.6. The molecule has 0 saturated heterocycles. The SMILES string of the molecule is O=C(Nc1cc(C2CCCC2)cc(C2CC2)c1)Nc1cc(-c2ccccc2)[nH]n1. The minimum atomic E-state index is -0.263. The van der Waals surface area contributed by atoms with Gasteiger partial charge in [0.2, 0.25) is 0 Å². The fourth-order valence-corrected chi connectivity index (χ4v) is 4.33. The number of H-pyrrole nitrogens is 1. The third kappa shape index (κ3) is 4.19. The molecule has 3 aromatic rings. The van der Waals surface area contributed by atoms with Gasteiger partial charge in [-0.1, -0.05) is 49.2 Å². The van der Waals surface area contributed by atoms with E-state index in [2.05, 4.69) is 39.0 Å². The van der Waals surface area contributed by atoms with Crippen molar-refractivity contribution >= 4 is 17.5 Å². The zero-order chi connectivity index (χ0) is 19.6. The Hall–Kier alpha value is -3.08. The Morgan fingerprint density at radius 2 is 1.55 bits per heavy atom. The molecule has 2 fully saturated rings. The number of aromatic amines is 1. The first-order valence-corrected chi connectivity index (χ1v) is 10.6. The number of urea groups is 1. The number of anilines is 2. The number of benzene rings is 2. The van der Waals surface area contributed by atoms with E-state index in [1.54, 1.807) is 0 Å². The van der Waals surface area contributed by atoms with Gasteiger partial charge in [0.05, 0.1) is 5.69 Å². The van der Waals surface area contributed by atoms with Crippen LogP contribution in [0.15, 0.2) is 54.6 Å². The first kappa shape index (κ1) is 18.0. The molecule has 5 nitrogen and oxygen atoms in total. The smallest absolute Gasteiger partial charge is 0.308 e. The second-order valence-electron chi connectivity index (χ2n) is 8.26. The van der Waals surface area contributed by atoms with Crippen LogP contribution in [0.5, 0.6) is 0 Å². The van der Waals surface area contributed by atoms with E-state index in [1.807, 2.05) is 36.4 Å². The molecular formula is C24H26N4O. The second-order valence-corrected chi connectivity index (χ2v) is 8.26. The highest BCUT2D eigenvalue weighted by atomic mass is 16.2. The van der Waals surface area contributed by atoms with Crippen molar-refractivity contribution in [2.75, 3.05) is 10.6 Å². The lowest BCUT2D eigenvalue weighted by molar-refractivity contribution is 0.262. The Balaban J connectivity index is 1.30. The van der Waals surface area contributed by atoms with Crippen LogP contribution in [0.2, 0.25) is 0 Å². The minimum Gasteiger partial charge on any atom is -0.308 e. The van der Waals surface area contributed by atoms with Crippen molar-refractivity contribution in [3.63, 3.8) is 0 Å². The van der Waals surface area contributed by atoms with Crippen LogP contribution in [0.3, 0.4) is 0 Å². The Labute approximate surface area is 170 Å². The van der Waals surface area contributed by atoms with Crippen molar-refractivity contribution in [1.29, 1.82) is 0 Å². The van der Waals surface area contributed by atoms with Gasteiger partial charge in [-0.25, -0.2) is 4.79 Å². The van der Waals surface area contributed by atoms with Gasteiger partial charge >= 0.3 is 6.03 Å². The van der Waals surface area contributed by atoms with Gasteiger partial charge in [-0.15, -0.1) is 0 Å². The molecule has 0 radical (unpaired) electrons. The summed E-state index contributed by atoms with van der Waals surface area (Å²) in [5.74, 6) is 1.81. The highest BCUT2D eigenvalue weighted by Gasteiger charge is 2.26. The van der Waals surface area contributed by atoms with Gasteiger partial charge in [-0.2, -0.15) is 5.10 Å². The maximum atomic E-state index is 12.6. The molecule has 2 aromatic carbocycles.